The first-order valence-corrected chi connectivity index (χ1v) is 7.24. The largest absolute Gasteiger partial charge is 0.364 e. The molecule has 1 aliphatic rings. The van der Waals surface area contributed by atoms with Crippen molar-refractivity contribution in [1.82, 2.24) is 0 Å². The summed E-state index contributed by atoms with van der Waals surface area (Å²) < 4.78 is 0. The lowest BCUT2D eigenvalue weighted by molar-refractivity contribution is 0.886. The van der Waals surface area contributed by atoms with Crippen LogP contribution in [-0.2, 0) is 0 Å². The van der Waals surface area contributed by atoms with E-state index in [4.69, 9.17) is 0 Å². The van der Waals surface area contributed by atoms with Crippen LogP contribution in [0, 0.1) is 0 Å². The van der Waals surface area contributed by atoms with Gasteiger partial charge in [0.05, 0.1) is 6.04 Å². The van der Waals surface area contributed by atoms with Gasteiger partial charge in [-0.05, 0) is 17.2 Å². The molecule has 0 N–H and O–H groups in total. The van der Waals surface area contributed by atoms with Crippen LogP contribution in [0.4, 0.5) is 5.69 Å². The summed E-state index contributed by atoms with van der Waals surface area (Å²) in [7, 11) is 2.14. The Kier molecular flexibility index (Phi) is 4.02. The normalized spacial score (nSPS) is 17.6. The molecule has 1 nitrogen and oxygen atoms in total. The minimum atomic E-state index is 0.306. The third-order valence-corrected chi connectivity index (χ3v) is 3.74. The molecule has 0 spiro atoms. The Labute approximate surface area is 126 Å². The van der Waals surface area contributed by atoms with Crippen molar-refractivity contribution < 1.29 is 0 Å². The van der Waals surface area contributed by atoms with Crippen molar-refractivity contribution in [2.45, 2.75) is 6.04 Å². The van der Waals surface area contributed by atoms with Crippen LogP contribution in [0.1, 0.15) is 11.1 Å². The fourth-order valence-electron chi connectivity index (χ4n) is 2.54. The van der Waals surface area contributed by atoms with Gasteiger partial charge in [0.25, 0.3) is 0 Å². The van der Waals surface area contributed by atoms with E-state index in [0.29, 0.717) is 6.04 Å². The zero-order chi connectivity index (χ0) is 14.5. The van der Waals surface area contributed by atoms with Crippen molar-refractivity contribution >= 4 is 17.8 Å². The summed E-state index contributed by atoms with van der Waals surface area (Å²) in [6.07, 6.45) is 13.0. The predicted molar refractivity (Wildman–Crippen MR) is 92.3 cm³/mol. The van der Waals surface area contributed by atoms with Crippen LogP contribution in [-0.4, -0.2) is 13.1 Å². The molecule has 0 aromatic heterocycles. The van der Waals surface area contributed by atoms with Crippen LogP contribution >= 0.6 is 0 Å². The first kappa shape index (κ1) is 13.4. The van der Waals surface area contributed by atoms with E-state index < -0.39 is 0 Å². The van der Waals surface area contributed by atoms with Crippen LogP contribution in [0.3, 0.4) is 0 Å². The van der Waals surface area contributed by atoms with Crippen LogP contribution in [0.5, 0.6) is 0 Å². The number of para-hydroxylation sites is 1. The SMILES string of the molecule is CN1c2ccccc2C=CC1/C=C/C=C/c1ccccc1. The molecule has 2 aromatic rings. The van der Waals surface area contributed by atoms with Crippen molar-refractivity contribution in [2.75, 3.05) is 11.9 Å². The maximum Gasteiger partial charge on any atom is 0.0660 e. The number of hydrogen-bond donors (Lipinski definition) is 0. The highest BCUT2D eigenvalue weighted by molar-refractivity contribution is 5.72. The minimum absolute atomic E-state index is 0.306. The third-order valence-electron chi connectivity index (χ3n) is 3.74. The number of rotatable bonds is 3. The average Bonchev–Trinajstić information content (AvgIpc) is 2.55. The van der Waals surface area contributed by atoms with Crippen molar-refractivity contribution in [3.63, 3.8) is 0 Å². The maximum atomic E-state index is 2.29. The Morgan fingerprint density at radius 3 is 2.52 bits per heavy atom. The summed E-state index contributed by atoms with van der Waals surface area (Å²) in [6, 6.07) is 19.1. The average molecular weight is 273 g/mol. The molecule has 0 saturated heterocycles. The molecule has 1 aliphatic heterocycles. The van der Waals surface area contributed by atoms with E-state index in [2.05, 4.69) is 96.9 Å². The Balaban J connectivity index is 1.69. The van der Waals surface area contributed by atoms with Crippen LogP contribution in [0.15, 0.2) is 78.9 Å². The summed E-state index contributed by atoms with van der Waals surface area (Å²) in [5.41, 5.74) is 3.78. The van der Waals surface area contributed by atoms with Gasteiger partial charge >= 0.3 is 0 Å². The number of benzene rings is 2. The lowest BCUT2D eigenvalue weighted by Crippen LogP contribution is -2.30. The quantitative estimate of drug-likeness (QED) is 0.727. The molecule has 21 heavy (non-hydrogen) atoms. The van der Waals surface area contributed by atoms with Gasteiger partial charge in [0.2, 0.25) is 0 Å². The van der Waals surface area contributed by atoms with Gasteiger partial charge in [-0.3, -0.25) is 0 Å². The van der Waals surface area contributed by atoms with Crippen molar-refractivity contribution in [1.29, 1.82) is 0 Å². The van der Waals surface area contributed by atoms with Gasteiger partial charge in [-0.15, -0.1) is 0 Å². The fraction of sp³-hybridized carbons (Fsp3) is 0.100. The standard InChI is InChI=1S/C20H19N/c1-21-19(16-15-18-12-6-8-14-20(18)21)13-7-5-11-17-9-3-2-4-10-17/h2-16,19H,1H3/b11-5+,13-7+. The Morgan fingerprint density at radius 1 is 0.905 bits per heavy atom. The topological polar surface area (TPSA) is 3.24 Å². The lowest BCUT2D eigenvalue weighted by atomic mass is 10.0. The van der Waals surface area contributed by atoms with Crippen LogP contribution in [0.25, 0.3) is 12.2 Å². The smallest absolute Gasteiger partial charge is 0.0660 e. The number of anilines is 1. The van der Waals surface area contributed by atoms with Gasteiger partial charge in [-0.25, -0.2) is 0 Å². The van der Waals surface area contributed by atoms with Gasteiger partial charge in [-0.1, -0.05) is 85.0 Å². The monoisotopic (exact) mass is 273 g/mol. The van der Waals surface area contributed by atoms with Crippen LogP contribution < -0.4 is 4.90 Å². The van der Waals surface area contributed by atoms with E-state index in [1.54, 1.807) is 0 Å². The molecule has 0 saturated carbocycles. The number of fused-ring (bicyclic) bond motifs is 1. The molecule has 1 heterocycles. The highest BCUT2D eigenvalue weighted by atomic mass is 15.1. The van der Waals surface area contributed by atoms with Gasteiger partial charge in [-0.2, -0.15) is 0 Å². The Morgan fingerprint density at radius 2 is 1.67 bits per heavy atom. The minimum Gasteiger partial charge on any atom is -0.364 e. The third kappa shape index (κ3) is 3.14. The maximum absolute atomic E-state index is 2.29. The van der Waals surface area contributed by atoms with Crippen molar-refractivity contribution in [3.8, 4) is 0 Å². The van der Waals surface area contributed by atoms with E-state index >= 15 is 0 Å². The number of allylic oxidation sites excluding steroid dienone is 2. The predicted octanol–water partition coefficient (Wildman–Crippen LogP) is 4.79. The molecular formula is C20H19N. The molecule has 0 bridgehead atoms. The zero-order valence-corrected chi connectivity index (χ0v) is 12.2. The molecule has 0 aliphatic carbocycles. The van der Waals surface area contributed by atoms with Gasteiger partial charge < -0.3 is 4.90 Å². The molecule has 1 heteroatoms. The summed E-state index contributed by atoms with van der Waals surface area (Å²) in [4.78, 5) is 2.29. The molecule has 0 fully saturated rings. The molecule has 2 aromatic carbocycles. The molecule has 104 valence electrons. The molecule has 1 atom stereocenters. The van der Waals surface area contributed by atoms with E-state index in [1.165, 1.54) is 16.8 Å². The van der Waals surface area contributed by atoms with Gasteiger partial charge in [0, 0.05) is 12.7 Å². The van der Waals surface area contributed by atoms with Gasteiger partial charge in [0.1, 0.15) is 0 Å². The second-order valence-electron chi connectivity index (χ2n) is 5.17. The van der Waals surface area contributed by atoms with E-state index in [9.17, 15) is 0 Å². The summed E-state index contributed by atoms with van der Waals surface area (Å²) in [5, 5.41) is 0. The van der Waals surface area contributed by atoms with Gasteiger partial charge in [0.15, 0.2) is 0 Å². The fourth-order valence-corrected chi connectivity index (χ4v) is 2.54. The van der Waals surface area contributed by atoms with E-state index in [0.717, 1.165) is 0 Å². The molecular weight excluding hydrogens is 254 g/mol. The second kappa shape index (κ2) is 6.27. The van der Waals surface area contributed by atoms with Crippen LogP contribution in [0.2, 0.25) is 0 Å². The molecule has 3 rings (SSSR count). The summed E-state index contributed by atoms with van der Waals surface area (Å²) in [5.74, 6) is 0. The lowest BCUT2D eigenvalue weighted by Gasteiger charge is -2.30. The summed E-state index contributed by atoms with van der Waals surface area (Å²) in [6.45, 7) is 0. The molecule has 0 radical (unpaired) electrons. The van der Waals surface area contributed by atoms with E-state index in [-0.39, 0.29) is 0 Å². The summed E-state index contributed by atoms with van der Waals surface area (Å²) >= 11 is 0. The van der Waals surface area contributed by atoms with E-state index in [1.807, 2.05) is 6.07 Å². The van der Waals surface area contributed by atoms with Crippen molar-refractivity contribution in [3.05, 3.63) is 90.0 Å². The zero-order valence-electron chi connectivity index (χ0n) is 12.2. The Hall–Kier alpha value is -2.54. The number of hydrogen-bond acceptors (Lipinski definition) is 1. The molecule has 0 amide bonds. The number of nitrogens with zero attached hydrogens (tertiary/aromatic N) is 1. The highest BCUT2D eigenvalue weighted by Crippen LogP contribution is 2.27. The second-order valence-corrected chi connectivity index (χ2v) is 5.17. The first-order valence-electron chi connectivity index (χ1n) is 7.24. The first-order chi connectivity index (χ1) is 10.3. The molecule has 1 unspecified atom stereocenters. The highest BCUT2D eigenvalue weighted by Gasteiger charge is 2.15. The van der Waals surface area contributed by atoms with Crippen molar-refractivity contribution in [2.24, 2.45) is 0 Å². The number of likely N-dealkylation sites (N-methyl/N-ethyl adjacent to an activating group) is 1. The Bertz CT molecular complexity index is 680.